The molecule has 0 aliphatic carbocycles. The summed E-state index contributed by atoms with van der Waals surface area (Å²) in [5.41, 5.74) is 2.56. The average Bonchev–Trinajstić information content (AvgIpc) is 2.77. The lowest BCUT2D eigenvalue weighted by Gasteiger charge is -2.36. The SMILES string of the molecule is CCC1(c2nc3cc(Br)ccc3n2C)CCNCC1. The van der Waals surface area contributed by atoms with Crippen molar-refractivity contribution in [3.8, 4) is 0 Å². The highest BCUT2D eigenvalue weighted by molar-refractivity contribution is 9.10. The van der Waals surface area contributed by atoms with E-state index >= 15 is 0 Å². The van der Waals surface area contributed by atoms with Crippen LogP contribution in [0, 0.1) is 0 Å². The number of aromatic nitrogens is 2. The molecule has 1 aliphatic rings. The maximum atomic E-state index is 4.94. The Kier molecular flexibility index (Phi) is 3.39. The van der Waals surface area contributed by atoms with Gasteiger partial charge in [-0.1, -0.05) is 22.9 Å². The molecule has 0 saturated carbocycles. The molecule has 3 nitrogen and oxygen atoms in total. The van der Waals surface area contributed by atoms with E-state index in [9.17, 15) is 0 Å². The number of nitrogens with zero attached hydrogens (tertiary/aromatic N) is 2. The molecule has 0 bridgehead atoms. The summed E-state index contributed by atoms with van der Waals surface area (Å²) in [7, 11) is 2.15. The second kappa shape index (κ2) is 4.91. The summed E-state index contributed by atoms with van der Waals surface area (Å²) >= 11 is 3.53. The van der Waals surface area contributed by atoms with Crippen LogP contribution < -0.4 is 5.32 Å². The summed E-state index contributed by atoms with van der Waals surface area (Å²) in [6.45, 7) is 4.49. The van der Waals surface area contributed by atoms with Gasteiger partial charge in [-0.05, 0) is 50.6 Å². The van der Waals surface area contributed by atoms with Gasteiger partial charge in [0.25, 0.3) is 0 Å². The fraction of sp³-hybridized carbons (Fsp3) is 0.533. The van der Waals surface area contributed by atoms with Crippen molar-refractivity contribution in [1.29, 1.82) is 0 Å². The number of nitrogens with one attached hydrogen (secondary N) is 1. The number of rotatable bonds is 2. The van der Waals surface area contributed by atoms with E-state index in [2.05, 4.69) is 58.0 Å². The first-order valence-corrected chi connectivity index (χ1v) is 7.79. The van der Waals surface area contributed by atoms with Gasteiger partial charge in [-0.25, -0.2) is 4.98 Å². The molecule has 1 saturated heterocycles. The van der Waals surface area contributed by atoms with Gasteiger partial charge in [-0.15, -0.1) is 0 Å². The second-order valence-electron chi connectivity index (χ2n) is 5.51. The summed E-state index contributed by atoms with van der Waals surface area (Å²) in [5.74, 6) is 1.25. The number of benzene rings is 1. The van der Waals surface area contributed by atoms with Crippen molar-refractivity contribution in [2.45, 2.75) is 31.6 Å². The van der Waals surface area contributed by atoms with Gasteiger partial charge >= 0.3 is 0 Å². The molecule has 0 atom stereocenters. The van der Waals surface area contributed by atoms with Gasteiger partial charge in [0.2, 0.25) is 0 Å². The van der Waals surface area contributed by atoms with Gasteiger partial charge in [0.15, 0.2) is 0 Å². The topological polar surface area (TPSA) is 29.9 Å². The molecule has 4 heteroatoms. The Morgan fingerprint density at radius 1 is 1.37 bits per heavy atom. The van der Waals surface area contributed by atoms with Crippen molar-refractivity contribution >= 4 is 27.0 Å². The van der Waals surface area contributed by atoms with Crippen LogP contribution in [0.25, 0.3) is 11.0 Å². The molecular formula is C15H20BrN3. The summed E-state index contributed by atoms with van der Waals surface area (Å²) < 4.78 is 3.39. The predicted molar refractivity (Wildman–Crippen MR) is 82.5 cm³/mol. The quantitative estimate of drug-likeness (QED) is 0.919. The first-order chi connectivity index (χ1) is 9.16. The molecular weight excluding hydrogens is 302 g/mol. The molecule has 1 aromatic carbocycles. The van der Waals surface area contributed by atoms with Crippen LogP contribution in [0.3, 0.4) is 0 Å². The fourth-order valence-corrected chi connectivity index (χ4v) is 3.64. The fourth-order valence-electron chi connectivity index (χ4n) is 3.29. The van der Waals surface area contributed by atoms with Crippen LogP contribution in [-0.2, 0) is 12.5 Å². The van der Waals surface area contributed by atoms with Crippen LogP contribution in [0.5, 0.6) is 0 Å². The van der Waals surface area contributed by atoms with Crippen LogP contribution in [0.2, 0.25) is 0 Å². The lowest BCUT2D eigenvalue weighted by atomic mass is 9.76. The highest BCUT2D eigenvalue weighted by Gasteiger charge is 2.36. The summed E-state index contributed by atoms with van der Waals surface area (Å²) in [5, 5.41) is 3.46. The van der Waals surface area contributed by atoms with Gasteiger partial charge in [0, 0.05) is 16.9 Å². The minimum absolute atomic E-state index is 0.242. The highest BCUT2D eigenvalue weighted by Crippen LogP contribution is 2.37. The molecule has 0 amide bonds. The van der Waals surface area contributed by atoms with Crippen molar-refractivity contribution in [2.24, 2.45) is 7.05 Å². The summed E-state index contributed by atoms with van der Waals surface area (Å²) in [4.78, 5) is 4.94. The molecule has 0 unspecified atom stereocenters. The van der Waals surface area contributed by atoms with E-state index < -0.39 is 0 Å². The maximum absolute atomic E-state index is 4.94. The first-order valence-electron chi connectivity index (χ1n) is 6.99. The monoisotopic (exact) mass is 321 g/mol. The zero-order valence-corrected chi connectivity index (χ0v) is 13.1. The van der Waals surface area contributed by atoms with Crippen molar-refractivity contribution in [3.63, 3.8) is 0 Å². The molecule has 1 aliphatic heterocycles. The van der Waals surface area contributed by atoms with E-state index in [1.807, 2.05) is 0 Å². The third kappa shape index (κ3) is 2.11. The Morgan fingerprint density at radius 3 is 2.79 bits per heavy atom. The number of halogens is 1. The molecule has 2 heterocycles. The Hall–Kier alpha value is -0.870. The summed E-state index contributed by atoms with van der Waals surface area (Å²) in [6.07, 6.45) is 3.52. The van der Waals surface area contributed by atoms with Crippen LogP contribution >= 0.6 is 15.9 Å². The summed E-state index contributed by atoms with van der Waals surface area (Å²) in [6, 6.07) is 6.36. The van der Waals surface area contributed by atoms with Crippen LogP contribution in [0.4, 0.5) is 0 Å². The van der Waals surface area contributed by atoms with E-state index in [0.29, 0.717) is 0 Å². The van der Waals surface area contributed by atoms with Crippen molar-refractivity contribution in [1.82, 2.24) is 14.9 Å². The third-order valence-corrected chi connectivity index (χ3v) is 5.05. The molecule has 1 N–H and O–H groups in total. The lowest BCUT2D eigenvalue weighted by molar-refractivity contribution is 0.277. The zero-order chi connectivity index (χ0) is 13.5. The largest absolute Gasteiger partial charge is 0.331 e. The standard InChI is InChI=1S/C15H20BrN3/c1-3-15(6-8-17-9-7-15)14-18-12-10-11(16)4-5-13(12)19(14)2/h4-5,10,17H,3,6-9H2,1-2H3. The van der Waals surface area contributed by atoms with Crippen molar-refractivity contribution in [3.05, 3.63) is 28.5 Å². The van der Waals surface area contributed by atoms with Crippen LogP contribution in [-0.4, -0.2) is 22.6 Å². The molecule has 1 aromatic heterocycles. The Morgan fingerprint density at radius 2 is 2.11 bits per heavy atom. The number of hydrogen-bond donors (Lipinski definition) is 1. The number of hydrogen-bond acceptors (Lipinski definition) is 2. The van der Waals surface area contributed by atoms with Crippen LogP contribution in [0.1, 0.15) is 32.0 Å². The maximum Gasteiger partial charge on any atom is 0.115 e. The van der Waals surface area contributed by atoms with Gasteiger partial charge in [-0.2, -0.15) is 0 Å². The van der Waals surface area contributed by atoms with Gasteiger partial charge in [-0.3, -0.25) is 0 Å². The van der Waals surface area contributed by atoms with E-state index in [0.717, 1.165) is 29.5 Å². The molecule has 1 fully saturated rings. The van der Waals surface area contributed by atoms with Gasteiger partial charge in [0.05, 0.1) is 11.0 Å². The Bertz CT molecular complexity index is 597. The molecule has 2 aromatic rings. The number of imidazole rings is 1. The number of piperidine rings is 1. The van der Waals surface area contributed by atoms with Gasteiger partial charge < -0.3 is 9.88 Å². The minimum atomic E-state index is 0.242. The van der Waals surface area contributed by atoms with E-state index in [4.69, 9.17) is 4.98 Å². The molecule has 19 heavy (non-hydrogen) atoms. The third-order valence-electron chi connectivity index (χ3n) is 4.55. The average molecular weight is 322 g/mol. The highest BCUT2D eigenvalue weighted by atomic mass is 79.9. The minimum Gasteiger partial charge on any atom is -0.331 e. The van der Waals surface area contributed by atoms with Crippen molar-refractivity contribution < 1.29 is 0 Å². The zero-order valence-electron chi connectivity index (χ0n) is 11.5. The number of aryl methyl sites for hydroxylation is 1. The van der Waals surface area contributed by atoms with Gasteiger partial charge in [0.1, 0.15) is 5.82 Å². The second-order valence-corrected chi connectivity index (χ2v) is 6.43. The van der Waals surface area contributed by atoms with E-state index in [-0.39, 0.29) is 5.41 Å². The van der Waals surface area contributed by atoms with E-state index in [1.54, 1.807) is 0 Å². The number of fused-ring (bicyclic) bond motifs is 1. The Labute approximate surface area is 122 Å². The predicted octanol–water partition coefficient (Wildman–Crippen LogP) is 3.37. The smallest absolute Gasteiger partial charge is 0.115 e. The molecule has 0 radical (unpaired) electrons. The molecule has 102 valence electrons. The molecule has 0 spiro atoms. The lowest BCUT2D eigenvalue weighted by Crippen LogP contribution is -2.41. The first kappa shape index (κ1) is 13.1. The normalized spacial score (nSPS) is 18.9. The van der Waals surface area contributed by atoms with E-state index in [1.165, 1.54) is 24.2 Å². The Balaban J connectivity index is 2.15. The van der Waals surface area contributed by atoms with Crippen LogP contribution in [0.15, 0.2) is 22.7 Å². The van der Waals surface area contributed by atoms with Crippen molar-refractivity contribution in [2.75, 3.05) is 13.1 Å². The molecule has 3 rings (SSSR count).